The number of pyridine rings is 1. The lowest BCUT2D eigenvalue weighted by Gasteiger charge is -2.36. The minimum atomic E-state index is -0.368. The summed E-state index contributed by atoms with van der Waals surface area (Å²) in [6, 6.07) is 17.4. The summed E-state index contributed by atoms with van der Waals surface area (Å²) in [5.41, 5.74) is 2.36. The van der Waals surface area contributed by atoms with E-state index in [1.54, 1.807) is 18.2 Å². The average Bonchev–Trinajstić information content (AvgIpc) is 3.00. The second kappa shape index (κ2) is 7.73. The maximum Gasteiger partial charge on any atom is 0.189 e. The second-order valence-electron chi connectivity index (χ2n) is 8.53. The van der Waals surface area contributed by atoms with E-state index in [1.807, 2.05) is 0 Å². The first-order chi connectivity index (χ1) is 14.2. The summed E-state index contributed by atoms with van der Waals surface area (Å²) in [6.07, 6.45) is 2.44. The first kappa shape index (κ1) is 18.5. The molecule has 2 aromatic carbocycles. The summed E-state index contributed by atoms with van der Waals surface area (Å²) in [6.45, 7) is 4.84. The number of rotatable bonds is 4. The van der Waals surface area contributed by atoms with Gasteiger partial charge >= 0.3 is 0 Å². The lowest BCUT2D eigenvalue weighted by Crippen LogP contribution is -2.43. The molecule has 3 aliphatic heterocycles. The number of H-pyrrole nitrogens is 1. The van der Waals surface area contributed by atoms with E-state index < -0.39 is 0 Å². The number of hydrogen-bond acceptors (Lipinski definition) is 3. The maximum absolute atomic E-state index is 14.2. The van der Waals surface area contributed by atoms with Crippen molar-refractivity contribution in [2.24, 2.45) is 5.92 Å². The summed E-state index contributed by atoms with van der Waals surface area (Å²) < 4.78 is 14.2. The molecule has 4 nitrogen and oxygen atoms in total. The van der Waals surface area contributed by atoms with Gasteiger partial charge in [-0.3, -0.25) is 14.6 Å². The van der Waals surface area contributed by atoms with Crippen LogP contribution >= 0.6 is 0 Å². The summed E-state index contributed by atoms with van der Waals surface area (Å²) in [5, 5.41) is 0.417. The SMILES string of the molecule is O=c1cc(CN2C[C@@H]3CC[C@H]2CN(Cc2ccccc2)C3)[nH]c2c(F)cccc12. The Hall–Kier alpha value is -2.50. The van der Waals surface area contributed by atoms with Gasteiger partial charge in [-0.2, -0.15) is 0 Å². The summed E-state index contributed by atoms with van der Waals surface area (Å²) in [4.78, 5) is 20.7. The van der Waals surface area contributed by atoms with E-state index in [0.717, 1.165) is 31.9 Å². The van der Waals surface area contributed by atoms with Gasteiger partial charge < -0.3 is 4.98 Å². The van der Waals surface area contributed by atoms with E-state index in [4.69, 9.17) is 0 Å². The van der Waals surface area contributed by atoms with Crippen molar-refractivity contribution in [2.75, 3.05) is 19.6 Å². The molecular weight excluding hydrogens is 365 g/mol. The van der Waals surface area contributed by atoms with Gasteiger partial charge in [-0.05, 0) is 36.5 Å². The number of hydrogen-bond donors (Lipinski definition) is 1. The van der Waals surface area contributed by atoms with Crippen LogP contribution in [0.1, 0.15) is 24.1 Å². The van der Waals surface area contributed by atoms with Crippen LogP contribution in [0.5, 0.6) is 0 Å². The van der Waals surface area contributed by atoms with Crippen LogP contribution < -0.4 is 5.43 Å². The molecule has 3 aromatic rings. The molecule has 3 fully saturated rings. The zero-order valence-electron chi connectivity index (χ0n) is 16.5. The fourth-order valence-electron chi connectivity index (χ4n) is 5.03. The Kier molecular flexibility index (Phi) is 4.94. The third kappa shape index (κ3) is 3.85. The van der Waals surface area contributed by atoms with Crippen molar-refractivity contribution >= 4 is 10.9 Å². The molecule has 2 atom stereocenters. The quantitative estimate of drug-likeness (QED) is 0.736. The Labute approximate surface area is 170 Å². The number of nitrogens with one attached hydrogen (secondary N) is 1. The largest absolute Gasteiger partial charge is 0.355 e. The number of fused-ring (bicyclic) bond motifs is 5. The zero-order valence-corrected chi connectivity index (χ0v) is 16.5. The third-order valence-electron chi connectivity index (χ3n) is 6.39. The van der Waals surface area contributed by atoms with Gasteiger partial charge in [-0.1, -0.05) is 36.4 Å². The van der Waals surface area contributed by atoms with Crippen LogP contribution in [-0.2, 0) is 13.1 Å². The van der Waals surface area contributed by atoms with Crippen molar-refractivity contribution < 1.29 is 4.39 Å². The van der Waals surface area contributed by atoms with Crippen molar-refractivity contribution in [1.29, 1.82) is 0 Å². The predicted molar refractivity (Wildman–Crippen MR) is 113 cm³/mol. The molecule has 6 rings (SSSR count). The molecule has 1 aromatic heterocycles. The minimum absolute atomic E-state index is 0.112. The second-order valence-corrected chi connectivity index (χ2v) is 8.53. The van der Waals surface area contributed by atoms with Crippen LogP contribution in [0, 0.1) is 11.7 Å². The molecule has 1 N–H and O–H groups in total. The minimum Gasteiger partial charge on any atom is -0.355 e. The monoisotopic (exact) mass is 391 g/mol. The third-order valence-corrected chi connectivity index (χ3v) is 6.39. The Balaban J connectivity index is 1.36. The highest BCUT2D eigenvalue weighted by Gasteiger charge is 2.34. The number of benzene rings is 2. The Morgan fingerprint density at radius 3 is 2.69 bits per heavy atom. The van der Waals surface area contributed by atoms with Crippen molar-refractivity contribution in [3.63, 3.8) is 0 Å². The first-order valence-corrected chi connectivity index (χ1v) is 10.5. The van der Waals surface area contributed by atoms with Gasteiger partial charge in [0.25, 0.3) is 0 Å². The van der Waals surface area contributed by atoms with E-state index in [9.17, 15) is 9.18 Å². The van der Waals surface area contributed by atoms with Gasteiger partial charge in [0.15, 0.2) is 5.43 Å². The van der Waals surface area contributed by atoms with Crippen LogP contribution in [0.3, 0.4) is 0 Å². The van der Waals surface area contributed by atoms with Gasteiger partial charge in [0.2, 0.25) is 0 Å². The smallest absolute Gasteiger partial charge is 0.189 e. The number of aromatic amines is 1. The lowest BCUT2D eigenvalue weighted by molar-refractivity contribution is 0.121. The average molecular weight is 391 g/mol. The fraction of sp³-hybridized carbons (Fsp3) is 0.375. The van der Waals surface area contributed by atoms with E-state index in [2.05, 4.69) is 45.1 Å². The number of aromatic nitrogens is 1. The summed E-state index contributed by atoms with van der Waals surface area (Å²) >= 11 is 0. The van der Waals surface area contributed by atoms with Gasteiger partial charge in [0, 0.05) is 55.9 Å². The molecule has 5 heteroatoms. The van der Waals surface area contributed by atoms with E-state index in [-0.39, 0.29) is 11.2 Å². The van der Waals surface area contributed by atoms with E-state index >= 15 is 0 Å². The number of nitrogens with zero attached hydrogens (tertiary/aromatic N) is 2. The van der Waals surface area contributed by atoms with Crippen molar-refractivity contribution in [3.8, 4) is 0 Å². The molecule has 29 heavy (non-hydrogen) atoms. The number of piperidine rings is 1. The molecule has 0 saturated carbocycles. The molecule has 0 spiro atoms. The molecule has 0 radical (unpaired) electrons. The highest BCUT2D eigenvalue weighted by molar-refractivity contribution is 5.78. The number of halogens is 1. The maximum atomic E-state index is 14.2. The highest BCUT2D eigenvalue weighted by Crippen LogP contribution is 2.30. The lowest BCUT2D eigenvalue weighted by atomic mass is 9.95. The van der Waals surface area contributed by atoms with Gasteiger partial charge in [0.1, 0.15) is 5.82 Å². The summed E-state index contributed by atoms with van der Waals surface area (Å²) in [7, 11) is 0. The zero-order chi connectivity index (χ0) is 19.8. The van der Waals surface area contributed by atoms with Crippen molar-refractivity contribution in [1.82, 2.24) is 14.8 Å². The van der Waals surface area contributed by atoms with Crippen molar-refractivity contribution in [3.05, 3.63) is 81.9 Å². The molecule has 150 valence electrons. The topological polar surface area (TPSA) is 39.3 Å². The molecule has 3 aliphatic rings. The molecule has 0 amide bonds. The van der Waals surface area contributed by atoms with Crippen LogP contribution in [0.25, 0.3) is 10.9 Å². The molecular formula is C24H26FN3O. The Morgan fingerprint density at radius 1 is 0.966 bits per heavy atom. The number of para-hydroxylation sites is 1. The van der Waals surface area contributed by atoms with E-state index in [0.29, 0.717) is 29.4 Å². The first-order valence-electron chi connectivity index (χ1n) is 10.5. The molecule has 2 bridgehead atoms. The highest BCUT2D eigenvalue weighted by atomic mass is 19.1. The van der Waals surface area contributed by atoms with Crippen LogP contribution in [0.4, 0.5) is 4.39 Å². The van der Waals surface area contributed by atoms with Gasteiger partial charge in [-0.15, -0.1) is 0 Å². The predicted octanol–water partition coefficient (Wildman–Crippen LogP) is 3.76. The molecule has 4 heterocycles. The summed E-state index contributed by atoms with van der Waals surface area (Å²) in [5.74, 6) is 0.272. The van der Waals surface area contributed by atoms with E-state index in [1.165, 1.54) is 24.5 Å². The standard InChI is InChI=1S/C24H26FN3O/c25-22-8-4-7-21-23(29)11-19(26-24(21)22)15-28-14-18-9-10-20(28)16-27(13-18)12-17-5-2-1-3-6-17/h1-8,11,18,20H,9-10,12-16H2,(H,26,29)/t18-,20+/m1/s1. The van der Waals surface area contributed by atoms with Gasteiger partial charge in [0.05, 0.1) is 5.52 Å². The van der Waals surface area contributed by atoms with Crippen molar-refractivity contribution in [2.45, 2.75) is 32.0 Å². The molecule has 0 unspecified atom stereocenters. The molecule has 3 saturated heterocycles. The molecule has 0 aliphatic carbocycles. The Bertz CT molecular complexity index is 1060. The van der Waals surface area contributed by atoms with Crippen LogP contribution in [0.15, 0.2) is 59.4 Å². The van der Waals surface area contributed by atoms with Gasteiger partial charge in [-0.25, -0.2) is 4.39 Å². The van der Waals surface area contributed by atoms with Crippen LogP contribution in [0.2, 0.25) is 0 Å². The fourth-order valence-corrected chi connectivity index (χ4v) is 5.03. The van der Waals surface area contributed by atoms with Crippen LogP contribution in [-0.4, -0.2) is 40.5 Å². The normalized spacial score (nSPS) is 22.8. The Morgan fingerprint density at radius 2 is 1.83 bits per heavy atom.